The van der Waals surface area contributed by atoms with Crippen molar-refractivity contribution in [3.05, 3.63) is 82.8 Å². The number of anilines is 2. The van der Waals surface area contributed by atoms with Crippen molar-refractivity contribution in [2.75, 3.05) is 16.8 Å². The van der Waals surface area contributed by atoms with E-state index in [0.29, 0.717) is 35.2 Å². The SMILES string of the molecule is O=C(NCc1cccc(Cl)c1)c1cnc2c(c1)N(Cc1ccccn1)C(=O)CN2. The van der Waals surface area contributed by atoms with Crippen molar-refractivity contribution in [1.82, 2.24) is 15.3 Å². The van der Waals surface area contributed by atoms with Gasteiger partial charge in [0.25, 0.3) is 5.91 Å². The number of hydrogen-bond donors (Lipinski definition) is 2. The van der Waals surface area contributed by atoms with Gasteiger partial charge in [-0.15, -0.1) is 0 Å². The van der Waals surface area contributed by atoms with E-state index in [1.54, 1.807) is 29.3 Å². The monoisotopic (exact) mass is 407 g/mol. The van der Waals surface area contributed by atoms with E-state index >= 15 is 0 Å². The fraction of sp³-hybridized carbons (Fsp3) is 0.143. The van der Waals surface area contributed by atoms with Gasteiger partial charge in [0.1, 0.15) is 0 Å². The molecular weight excluding hydrogens is 390 g/mol. The molecule has 4 rings (SSSR count). The van der Waals surface area contributed by atoms with Gasteiger partial charge in [0.15, 0.2) is 5.82 Å². The van der Waals surface area contributed by atoms with Gasteiger partial charge in [0, 0.05) is 24.0 Å². The van der Waals surface area contributed by atoms with E-state index in [9.17, 15) is 9.59 Å². The third kappa shape index (κ3) is 4.35. The fourth-order valence-electron chi connectivity index (χ4n) is 3.07. The molecule has 8 heteroatoms. The highest BCUT2D eigenvalue weighted by molar-refractivity contribution is 6.30. The lowest BCUT2D eigenvalue weighted by Crippen LogP contribution is -2.40. The topological polar surface area (TPSA) is 87.2 Å². The van der Waals surface area contributed by atoms with Crippen LogP contribution in [-0.4, -0.2) is 28.3 Å². The molecule has 3 heterocycles. The van der Waals surface area contributed by atoms with Gasteiger partial charge in [-0.05, 0) is 35.9 Å². The Hall–Kier alpha value is -3.45. The lowest BCUT2D eigenvalue weighted by molar-refractivity contribution is -0.117. The summed E-state index contributed by atoms with van der Waals surface area (Å²) in [7, 11) is 0. The second-order valence-corrected chi connectivity index (χ2v) is 7.00. The number of aromatic nitrogens is 2. The zero-order chi connectivity index (χ0) is 20.2. The normalized spacial score (nSPS) is 12.9. The van der Waals surface area contributed by atoms with Gasteiger partial charge < -0.3 is 15.5 Å². The lowest BCUT2D eigenvalue weighted by Gasteiger charge is -2.29. The Kier molecular flexibility index (Phi) is 5.39. The molecule has 0 radical (unpaired) electrons. The summed E-state index contributed by atoms with van der Waals surface area (Å²) >= 11 is 5.98. The van der Waals surface area contributed by atoms with Gasteiger partial charge in [-0.25, -0.2) is 4.98 Å². The summed E-state index contributed by atoms with van der Waals surface area (Å²) in [5.74, 6) is 0.171. The van der Waals surface area contributed by atoms with Crippen LogP contribution in [0.2, 0.25) is 5.02 Å². The lowest BCUT2D eigenvalue weighted by atomic mass is 10.1. The second-order valence-electron chi connectivity index (χ2n) is 6.56. The minimum Gasteiger partial charge on any atom is -0.359 e. The largest absolute Gasteiger partial charge is 0.359 e. The number of rotatable bonds is 5. The van der Waals surface area contributed by atoms with Crippen molar-refractivity contribution in [3.8, 4) is 0 Å². The number of amides is 2. The van der Waals surface area contributed by atoms with Gasteiger partial charge in [0.2, 0.25) is 5.91 Å². The molecule has 0 saturated carbocycles. The first-order valence-corrected chi connectivity index (χ1v) is 9.45. The van der Waals surface area contributed by atoms with Crippen LogP contribution >= 0.6 is 11.6 Å². The number of carbonyl (C=O) groups is 2. The summed E-state index contributed by atoms with van der Waals surface area (Å²) in [6.07, 6.45) is 3.18. The van der Waals surface area contributed by atoms with Crippen LogP contribution in [0.15, 0.2) is 60.9 Å². The molecule has 1 aromatic carbocycles. The molecule has 1 aliphatic rings. The van der Waals surface area contributed by atoms with E-state index in [-0.39, 0.29) is 18.4 Å². The molecule has 3 aromatic rings. The predicted octanol–water partition coefficient (Wildman–Crippen LogP) is 3.02. The average molecular weight is 408 g/mol. The van der Waals surface area contributed by atoms with E-state index in [4.69, 9.17) is 11.6 Å². The smallest absolute Gasteiger partial charge is 0.253 e. The molecule has 0 saturated heterocycles. The molecule has 1 aliphatic heterocycles. The Balaban J connectivity index is 1.54. The molecule has 0 unspecified atom stereocenters. The molecule has 146 valence electrons. The molecule has 2 amide bonds. The summed E-state index contributed by atoms with van der Waals surface area (Å²) in [4.78, 5) is 35.3. The zero-order valence-corrected chi connectivity index (χ0v) is 16.2. The number of pyridine rings is 2. The second kappa shape index (κ2) is 8.28. The van der Waals surface area contributed by atoms with Crippen molar-refractivity contribution in [3.63, 3.8) is 0 Å². The Morgan fingerprint density at radius 3 is 2.86 bits per heavy atom. The molecule has 7 nitrogen and oxygen atoms in total. The summed E-state index contributed by atoms with van der Waals surface area (Å²) in [6, 6.07) is 14.5. The van der Waals surface area contributed by atoms with Crippen LogP contribution in [0, 0.1) is 0 Å². The van der Waals surface area contributed by atoms with Crippen LogP contribution in [0.4, 0.5) is 11.5 Å². The summed E-state index contributed by atoms with van der Waals surface area (Å²) in [6.45, 7) is 0.794. The first-order chi connectivity index (χ1) is 14.1. The van der Waals surface area contributed by atoms with Crippen LogP contribution < -0.4 is 15.5 Å². The summed E-state index contributed by atoms with van der Waals surface area (Å²) in [5.41, 5.74) is 2.57. The minimum atomic E-state index is -0.281. The van der Waals surface area contributed by atoms with Gasteiger partial charge in [-0.1, -0.05) is 29.8 Å². The van der Waals surface area contributed by atoms with Gasteiger partial charge in [-0.3, -0.25) is 14.6 Å². The Morgan fingerprint density at radius 2 is 2.07 bits per heavy atom. The van der Waals surface area contributed by atoms with Crippen molar-refractivity contribution in [2.24, 2.45) is 0 Å². The standard InChI is InChI=1S/C21H18ClN5O2/c22-16-5-3-4-14(8-16)10-26-21(29)15-9-18-20(24-11-15)25-12-19(28)27(18)13-17-6-1-2-7-23-17/h1-9,11H,10,12-13H2,(H,24,25)(H,26,29). The minimum absolute atomic E-state index is 0.110. The van der Waals surface area contributed by atoms with E-state index in [2.05, 4.69) is 20.6 Å². The van der Waals surface area contributed by atoms with Crippen LogP contribution in [0.5, 0.6) is 0 Å². The average Bonchev–Trinajstić information content (AvgIpc) is 2.74. The maximum atomic E-state index is 12.6. The third-order valence-electron chi connectivity index (χ3n) is 4.52. The Morgan fingerprint density at radius 1 is 1.17 bits per heavy atom. The quantitative estimate of drug-likeness (QED) is 0.678. The van der Waals surface area contributed by atoms with Crippen LogP contribution in [0.25, 0.3) is 0 Å². The maximum absolute atomic E-state index is 12.6. The molecule has 0 aliphatic carbocycles. The van der Waals surface area contributed by atoms with Crippen LogP contribution in [0.1, 0.15) is 21.6 Å². The highest BCUT2D eigenvalue weighted by atomic mass is 35.5. The molecule has 0 atom stereocenters. The van der Waals surface area contributed by atoms with Crippen LogP contribution in [0.3, 0.4) is 0 Å². The fourth-order valence-corrected chi connectivity index (χ4v) is 3.28. The van der Waals surface area contributed by atoms with Crippen molar-refractivity contribution in [2.45, 2.75) is 13.1 Å². The molecule has 29 heavy (non-hydrogen) atoms. The third-order valence-corrected chi connectivity index (χ3v) is 4.75. The first-order valence-electron chi connectivity index (χ1n) is 9.07. The molecule has 0 spiro atoms. The number of nitrogens with zero attached hydrogens (tertiary/aromatic N) is 3. The zero-order valence-electron chi connectivity index (χ0n) is 15.4. The predicted molar refractivity (Wildman–Crippen MR) is 111 cm³/mol. The number of benzene rings is 1. The first kappa shape index (κ1) is 18.9. The molecule has 2 aromatic heterocycles. The van der Waals surface area contributed by atoms with E-state index < -0.39 is 0 Å². The molecular formula is C21H18ClN5O2. The molecule has 2 N–H and O–H groups in total. The highest BCUT2D eigenvalue weighted by Crippen LogP contribution is 2.29. The molecule has 0 fully saturated rings. The Bertz CT molecular complexity index is 1060. The number of nitrogens with one attached hydrogen (secondary N) is 2. The maximum Gasteiger partial charge on any atom is 0.253 e. The number of halogens is 1. The number of fused-ring (bicyclic) bond motifs is 1. The van der Waals surface area contributed by atoms with Crippen molar-refractivity contribution < 1.29 is 9.59 Å². The van der Waals surface area contributed by atoms with E-state index in [1.807, 2.05) is 30.3 Å². The Labute approximate surface area is 172 Å². The molecule has 0 bridgehead atoms. The van der Waals surface area contributed by atoms with Crippen LogP contribution in [-0.2, 0) is 17.9 Å². The number of carbonyl (C=O) groups excluding carboxylic acids is 2. The van der Waals surface area contributed by atoms with Crippen molar-refractivity contribution >= 4 is 34.9 Å². The van der Waals surface area contributed by atoms with Gasteiger partial charge in [-0.2, -0.15) is 0 Å². The highest BCUT2D eigenvalue weighted by Gasteiger charge is 2.26. The van der Waals surface area contributed by atoms with E-state index in [1.165, 1.54) is 6.20 Å². The van der Waals surface area contributed by atoms with E-state index in [0.717, 1.165) is 11.3 Å². The summed E-state index contributed by atoms with van der Waals surface area (Å²) in [5, 5.41) is 6.45. The van der Waals surface area contributed by atoms with Gasteiger partial charge in [0.05, 0.1) is 30.0 Å². The summed E-state index contributed by atoms with van der Waals surface area (Å²) < 4.78 is 0. The number of hydrogen-bond acceptors (Lipinski definition) is 5. The van der Waals surface area contributed by atoms with Gasteiger partial charge >= 0.3 is 0 Å². The van der Waals surface area contributed by atoms with Crippen molar-refractivity contribution in [1.29, 1.82) is 0 Å².